The zero-order valence-electron chi connectivity index (χ0n) is 11.3. The molecule has 0 aliphatic heterocycles. The highest BCUT2D eigenvalue weighted by Crippen LogP contribution is 2.29. The Balaban J connectivity index is 4.51. The second-order valence-corrected chi connectivity index (χ2v) is 6.43. The highest BCUT2D eigenvalue weighted by Gasteiger charge is 2.52. The molecular formula is C10H18F3NO5S. The third kappa shape index (κ3) is 4.32. The van der Waals surface area contributed by atoms with Gasteiger partial charge in [-0.1, -0.05) is 0 Å². The van der Waals surface area contributed by atoms with Gasteiger partial charge in [-0.15, -0.1) is 0 Å². The van der Waals surface area contributed by atoms with Gasteiger partial charge in [0.2, 0.25) is 0 Å². The molecule has 0 spiro atoms. The fraction of sp³-hybridized carbons (Fsp3) is 0.900. The maximum absolute atomic E-state index is 13.1. The Hall–Kier alpha value is -0.870. The summed E-state index contributed by atoms with van der Waals surface area (Å²) < 4.78 is 72.1. The van der Waals surface area contributed by atoms with Gasteiger partial charge in [0.05, 0.1) is 12.0 Å². The molecule has 2 atom stereocenters. The molecule has 0 aromatic carbocycles. The van der Waals surface area contributed by atoms with Crippen LogP contribution in [-0.2, 0) is 19.6 Å². The molecule has 0 rings (SSSR count). The third-order valence-electron chi connectivity index (χ3n) is 2.98. The largest absolute Gasteiger partial charge is 0.465 e. The van der Waals surface area contributed by atoms with Gasteiger partial charge in [0.15, 0.2) is 6.17 Å². The molecule has 0 amide bonds. The summed E-state index contributed by atoms with van der Waals surface area (Å²) in [6.07, 6.45) is -4.27. The van der Waals surface area contributed by atoms with E-state index in [9.17, 15) is 26.4 Å². The van der Waals surface area contributed by atoms with Gasteiger partial charge in [0.1, 0.15) is 0 Å². The summed E-state index contributed by atoms with van der Waals surface area (Å²) in [6.45, 7) is 3.69. The monoisotopic (exact) mass is 321 g/mol. The zero-order chi connectivity index (χ0) is 16.4. The second-order valence-electron chi connectivity index (χ2n) is 4.94. The predicted molar refractivity (Wildman–Crippen MR) is 64.4 cm³/mol. The number of ether oxygens (including phenoxy) is 1. The minimum Gasteiger partial charge on any atom is -0.465 e. The van der Waals surface area contributed by atoms with E-state index in [-0.39, 0.29) is 0 Å². The van der Waals surface area contributed by atoms with Crippen molar-refractivity contribution in [3.05, 3.63) is 0 Å². The van der Waals surface area contributed by atoms with Crippen molar-refractivity contribution >= 4 is 16.1 Å². The summed E-state index contributed by atoms with van der Waals surface area (Å²) in [6, 6.07) is -0.588. The molecule has 0 aliphatic rings. The van der Waals surface area contributed by atoms with Crippen LogP contribution < -0.4 is 5.73 Å². The SMILES string of the molecule is CC(N)C(C)(C)C(=O)OCCC(F)C(F)(F)S(=O)(=O)O. The average molecular weight is 321 g/mol. The van der Waals surface area contributed by atoms with Crippen LogP contribution in [0.1, 0.15) is 27.2 Å². The van der Waals surface area contributed by atoms with Crippen LogP contribution in [0.3, 0.4) is 0 Å². The molecule has 120 valence electrons. The van der Waals surface area contributed by atoms with Crippen molar-refractivity contribution < 1.29 is 35.7 Å². The smallest absolute Gasteiger partial charge is 0.400 e. The number of alkyl halides is 3. The number of hydrogen-bond donors (Lipinski definition) is 2. The van der Waals surface area contributed by atoms with Crippen molar-refractivity contribution in [1.82, 2.24) is 0 Å². The van der Waals surface area contributed by atoms with E-state index in [1.54, 1.807) is 0 Å². The molecule has 2 unspecified atom stereocenters. The number of rotatable bonds is 7. The van der Waals surface area contributed by atoms with Gasteiger partial charge in [-0.3, -0.25) is 9.35 Å². The fourth-order valence-electron chi connectivity index (χ4n) is 0.957. The number of carbonyl (C=O) groups is 1. The molecule has 0 aromatic heterocycles. The van der Waals surface area contributed by atoms with Crippen LogP contribution >= 0.6 is 0 Å². The van der Waals surface area contributed by atoms with Gasteiger partial charge in [0.25, 0.3) is 0 Å². The van der Waals surface area contributed by atoms with Crippen molar-refractivity contribution in [3.63, 3.8) is 0 Å². The van der Waals surface area contributed by atoms with Crippen LogP contribution in [0.15, 0.2) is 0 Å². The third-order valence-corrected chi connectivity index (χ3v) is 3.92. The average Bonchev–Trinajstić information content (AvgIpc) is 2.26. The zero-order valence-corrected chi connectivity index (χ0v) is 12.1. The van der Waals surface area contributed by atoms with Crippen molar-refractivity contribution in [3.8, 4) is 0 Å². The Labute approximate surface area is 115 Å². The highest BCUT2D eigenvalue weighted by molar-refractivity contribution is 7.86. The Morgan fingerprint density at radius 1 is 1.40 bits per heavy atom. The van der Waals surface area contributed by atoms with Crippen LogP contribution in [0.5, 0.6) is 0 Å². The van der Waals surface area contributed by atoms with E-state index in [2.05, 4.69) is 4.74 Å². The van der Waals surface area contributed by atoms with E-state index < -0.39 is 52.0 Å². The molecule has 0 aliphatic carbocycles. The summed E-state index contributed by atoms with van der Waals surface area (Å²) in [4.78, 5) is 11.6. The van der Waals surface area contributed by atoms with Crippen molar-refractivity contribution in [1.29, 1.82) is 0 Å². The van der Waals surface area contributed by atoms with Gasteiger partial charge < -0.3 is 10.5 Å². The quantitative estimate of drug-likeness (QED) is 0.537. The Morgan fingerprint density at radius 2 is 1.85 bits per heavy atom. The number of nitrogens with two attached hydrogens (primary N) is 1. The summed E-state index contributed by atoms with van der Waals surface area (Å²) in [5.41, 5.74) is 4.42. The minimum absolute atomic E-state index is 0.588. The number of esters is 1. The molecule has 0 aromatic rings. The molecule has 0 saturated carbocycles. The first-order valence-electron chi connectivity index (χ1n) is 5.66. The minimum atomic E-state index is -5.86. The number of halogens is 3. The number of hydrogen-bond acceptors (Lipinski definition) is 5. The molecule has 0 heterocycles. The molecule has 0 bridgehead atoms. The predicted octanol–water partition coefficient (Wildman–Crippen LogP) is 1.11. The lowest BCUT2D eigenvalue weighted by Gasteiger charge is -2.26. The summed E-state index contributed by atoms with van der Waals surface area (Å²) in [5.74, 6) is -0.824. The molecule has 0 fully saturated rings. The second kappa shape index (κ2) is 6.27. The van der Waals surface area contributed by atoms with Crippen LogP contribution in [-0.4, -0.2) is 43.0 Å². The highest BCUT2D eigenvalue weighted by atomic mass is 32.2. The maximum atomic E-state index is 13.1. The van der Waals surface area contributed by atoms with E-state index in [0.717, 1.165) is 0 Å². The van der Waals surface area contributed by atoms with Gasteiger partial charge in [0, 0.05) is 12.5 Å². The van der Waals surface area contributed by atoms with E-state index in [0.29, 0.717) is 0 Å². The molecule has 3 N–H and O–H groups in total. The standard InChI is InChI=1S/C10H18F3NO5S/c1-6(14)9(2,3)8(15)19-5-4-7(11)10(12,13)20(16,17)18/h6-7H,4-5,14H2,1-3H3,(H,16,17,18). The summed E-state index contributed by atoms with van der Waals surface area (Å²) in [5, 5.41) is -4.95. The topological polar surface area (TPSA) is 107 Å². The van der Waals surface area contributed by atoms with Crippen molar-refractivity contribution in [2.45, 2.75) is 44.7 Å². The lowest BCUT2D eigenvalue weighted by molar-refractivity contribution is -0.156. The summed E-state index contributed by atoms with van der Waals surface area (Å²) >= 11 is 0. The molecule has 0 radical (unpaired) electrons. The lowest BCUT2D eigenvalue weighted by atomic mass is 9.86. The first-order chi connectivity index (χ1) is 8.74. The number of carbonyl (C=O) groups excluding carboxylic acids is 1. The molecular weight excluding hydrogens is 303 g/mol. The van der Waals surface area contributed by atoms with Gasteiger partial charge in [-0.05, 0) is 20.8 Å². The first kappa shape index (κ1) is 19.1. The van der Waals surface area contributed by atoms with Crippen LogP contribution in [0.4, 0.5) is 13.2 Å². The Kier molecular flexibility index (Phi) is 6.00. The molecule has 10 heteroatoms. The van der Waals surface area contributed by atoms with Gasteiger partial charge in [-0.25, -0.2) is 4.39 Å². The molecule has 6 nitrogen and oxygen atoms in total. The van der Waals surface area contributed by atoms with Gasteiger partial charge in [-0.2, -0.15) is 17.2 Å². The van der Waals surface area contributed by atoms with E-state index in [4.69, 9.17) is 10.3 Å². The normalized spacial score (nSPS) is 16.6. The summed E-state index contributed by atoms with van der Waals surface area (Å²) in [7, 11) is -5.86. The lowest BCUT2D eigenvalue weighted by Crippen LogP contribution is -2.43. The maximum Gasteiger partial charge on any atom is 0.400 e. The van der Waals surface area contributed by atoms with Crippen LogP contribution in [0.25, 0.3) is 0 Å². The van der Waals surface area contributed by atoms with E-state index >= 15 is 0 Å². The Bertz CT molecular complexity index is 450. The fourth-order valence-corrected chi connectivity index (χ4v) is 1.40. The van der Waals surface area contributed by atoms with E-state index in [1.807, 2.05) is 0 Å². The first-order valence-corrected chi connectivity index (χ1v) is 7.10. The molecule has 20 heavy (non-hydrogen) atoms. The van der Waals surface area contributed by atoms with Crippen molar-refractivity contribution in [2.75, 3.05) is 6.61 Å². The van der Waals surface area contributed by atoms with Gasteiger partial charge >= 0.3 is 21.3 Å². The van der Waals surface area contributed by atoms with Crippen molar-refractivity contribution in [2.24, 2.45) is 11.1 Å². The Morgan fingerprint density at radius 3 is 2.20 bits per heavy atom. The molecule has 0 saturated heterocycles. The van der Waals surface area contributed by atoms with Crippen LogP contribution in [0.2, 0.25) is 0 Å². The van der Waals surface area contributed by atoms with E-state index in [1.165, 1.54) is 20.8 Å². The van der Waals surface area contributed by atoms with Crippen LogP contribution in [0, 0.1) is 5.41 Å².